The number of fused-ring (bicyclic) bond motifs is 2. The zero-order chi connectivity index (χ0) is 20.9. The third-order valence-electron chi connectivity index (χ3n) is 6.26. The van der Waals surface area contributed by atoms with Crippen LogP contribution < -0.4 is 4.90 Å². The quantitative estimate of drug-likeness (QED) is 0.753. The smallest absolute Gasteiger partial charge is 0.412 e. The van der Waals surface area contributed by atoms with Gasteiger partial charge in [0.15, 0.2) is 0 Å². The number of benzene rings is 1. The monoisotopic (exact) mass is 424 g/mol. The Labute approximate surface area is 172 Å². The number of rotatable bonds is 5. The summed E-state index contributed by atoms with van der Waals surface area (Å²) in [5.41, 5.74) is 0.970. The van der Waals surface area contributed by atoms with E-state index >= 15 is 0 Å². The summed E-state index contributed by atoms with van der Waals surface area (Å²) in [6, 6.07) is 2.23. The molecule has 9 heteroatoms. The van der Waals surface area contributed by atoms with E-state index in [1.54, 1.807) is 4.90 Å². The number of hydrogen-bond donors (Lipinski definition) is 2. The number of amides is 2. The van der Waals surface area contributed by atoms with Crippen LogP contribution >= 0.6 is 11.6 Å². The van der Waals surface area contributed by atoms with Crippen LogP contribution in [0.5, 0.6) is 0 Å². The van der Waals surface area contributed by atoms with E-state index in [1.165, 1.54) is 17.0 Å². The summed E-state index contributed by atoms with van der Waals surface area (Å²) in [5.74, 6) is -1.97. The highest BCUT2D eigenvalue weighted by molar-refractivity contribution is 6.31. The summed E-state index contributed by atoms with van der Waals surface area (Å²) >= 11 is 5.89. The number of halogens is 2. The molecule has 2 N–H and O–H groups in total. The molecule has 0 aromatic heterocycles. The van der Waals surface area contributed by atoms with E-state index in [1.807, 2.05) is 0 Å². The van der Waals surface area contributed by atoms with Crippen LogP contribution in [0, 0.1) is 11.7 Å². The van der Waals surface area contributed by atoms with E-state index in [0.717, 1.165) is 12.8 Å². The molecule has 0 saturated heterocycles. The third kappa shape index (κ3) is 3.66. The highest BCUT2D eigenvalue weighted by atomic mass is 35.5. The minimum atomic E-state index is -1.13. The first-order valence-corrected chi connectivity index (χ1v) is 10.2. The second kappa shape index (κ2) is 7.48. The Balaban J connectivity index is 1.65. The lowest BCUT2D eigenvalue weighted by atomic mass is 9.85. The van der Waals surface area contributed by atoms with Gasteiger partial charge in [-0.15, -0.1) is 0 Å². The van der Waals surface area contributed by atoms with Gasteiger partial charge in [-0.2, -0.15) is 0 Å². The van der Waals surface area contributed by atoms with Crippen LogP contribution in [0.1, 0.15) is 44.1 Å². The van der Waals surface area contributed by atoms with Crippen LogP contribution in [0.15, 0.2) is 12.1 Å². The predicted molar refractivity (Wildman–Crippen MR) is 103 cm³/mol. The topological polar surface area (TPSA) is 98.2 Å². The van der Waals surface area contributed by atoms with Crippen LogP contribution in [0.25, 0.3) is 0 Å². The molecule has 0 bridgehead atoms. The van der Waals surface area contributed by atoms with E-state index in [0.29, 0.717) is 30.5 Å². The molecule has 0 spiro atoms. The van der Waals surface area contributed by atoms with Gasteiger partial charge in [0.25, 0.3) is 0 Å². The van der Waals surface area contributed by atoms with Crippen molar-refractivity contribution in [3.8, 4) is 0 Å². The number of carbonyl (C=O) groups excluding carboxylic acids is 1. The van der Waals surface area contributed by atoms with Crippen molar-refractivity contribution in [2.45, 2.75) is 63.1 Å². The molecule has 3 aliphatic rings. The maximum atomic E-state index is 14.1. The normalized spacial score (nSPS) is 25.3. The van der Waals surface area contributed by atoms with E-state index in [9.17, 15) is 23.9 Å². The van der Waals surface area contributed by atoms with Crippen molar-refractivity contribution in [2.75, 3.05) is 4.90 Å². The van der Waals surface area contributed by atoms with Gasteiger partial charge in [0, 0.05) is 30.5 Å². The van der Waals surface area contributed by atoms with E-state index in [4.69, 9.17) is 16.7 Å². The Morgan fingerprint density at radius 3 is 2.48 bits per heavy atom. The maximum Gasteiger partial charge on any atom is 0.412 e. The molecule has 3 atom stereocenters. The number of carboxylic acid groups (broad SMARTS) is 2. The summed E-state index contributed by atoms with van der Waals surface area (Å²) in [4.78, 5) is 38.8. The van der Waals surface area contributed by atoms with Gasteiger partial charge in [-0.1, -0.05) is 11.6 Å². The maximum absolute atomic E-state index is 14.1. The molecule has 7 nitrogen and oxygen atoms in total. The number of aliphatic carboxylic acids is 1. The van der Waals surface area contributed by atoms with Gasteiger partial charge >= 0.3 is 12.1 Å². The summed E-state index contributed by atoms with van der Waals surface area (Å²) < 4.78 is 14.1. The predicted octanol–water partition coefficient (Wildman–Crippen LogP) is 3.52. The van der Waals surface area contributed by atoms with Crippen LogP contribution in [0.4, 0.5) is 14.9 Å². The summed E-state index contributed by atoms with van der Waals surface area (Å²) in [5, 5.41) is 18.6. The molecular formula is C20H22ClFN2O5. The number of anilines is 1. The lowest BCUT2D eigenvalue weighted by Gasteiger charge is -2.42. The van der Waals surface area contributed by atoms with Crippen LogP contribution in [-0.2, 0) is 16.0 Å². The average Bonchev–Trinajstić information content (AvgIpc) is 3.40. The minimum Gasteiger partial charge on any atom is -0.481 e. The molecule has 3 unspecified atom stereocenters. The van der Waals surface area contributed by atoms with E-state index in [2.05, 4.69) is 0 Å². The van der Waals surface area contributed by atoms with Crippen molar-refractivity contribution in [3.63, 3.8) is 0 Å². The Morgan fingerprint density at radius 2 is 1.86 bits per heavy atom. The highest BCUT2D eigenvalue weighted by Crippen LogP contribution is 2.47. The molecule has 2 aliphatic carbocycles. The first kappa shape index (κ1) is 19.9. The summed E-state index contributed by atoms with van der Waals surface area (Å²) in [6.07, 6.45) is 2.01. The van der Waals surface area contributed by atoms with Gasteiger partial charge in [0.05, 0.1) is 17.1 Å². The van der Waals surface area contributed by atoms with Crippen molar-refractivity contribution < 1.29 is 29.0 Å². The largest absolute Gasteiger partial charge is 0.481 e. The number of hydrogen-bond acceptors (Lipinski definition) is 3. The zero-order valence-electron chi connectivity index (χ0n) is 15.7. The SMILES string of the molecule is O=C(O)CCC(=O)N(C1CC1)C1CCC2C1Cc1cc(F)c(Cl)cc1N2C(=O)O. The van der Waals surface area contributed by atoms with Gasteiger partial charge in [-0.05, 0) is 49.8 Å². The molecular weight excluding hydrogens is 403 g/mol. The van der Waals surface area contributed by atoms with Crippen LogP contribution in [0.3, 0.4) is 0 Å². The lowest BCUT2D eigenvalue weighted by molar-refractivity contribution is -0.142. The zero-order valence-corrected chi connectivity index (χ0v) is 16.4. The standard InChI is InChI=1S/C20H22ClFN2O5/c21-13-9-17-10(8-14(13)22)7-12-15(3-4-16(12)24(17)20(28)29)23(11-1-2-11)18(25)5-6-19(26)27/h8-9,11-12,15-16H,1-7H2,(H,26,27)(H,28,29). The minimum absolute atomic E-state index is 0.0663. The van der Waals surface area contributed by atoms with Crippen molar-refractivity contribution in [2.24, 2.45) is 5.92 Å². The van der Waals surface area contributed by atoms with Crippen molar-refractivity contribution in [1.29, 1.82) is 0 Å². The second-order valence-corrected chi connectivity index (χ2v) is 8.46. The average molecular weight is 425 g/mol. The second-order valence-electron chi connectivity index (χ2n) is 8.05. The van der Waals surface area contributed by atoms with Crippen molar-refractivity contribution in [1.82, 2.24) is 4.90 Å². The Hall–Kier alpha value is -2.35. The summed E-state index contributed by atoms with van der Waals surface area (Å²) in [6.45, 7) is 0. The fourth-order valence-electron chi connectivity index (χ4n) is 4.96. The fourth-order valence-corrected chi connectivity index (χ4v) is 5.12. The molecule has 1 aromatic carbocycles. The van der Waals surface area contributed by atoms with Gasteiger partial charge in [0.1, 0.15) is 5.82 Å². The Morgan fingerprint density at radius 1 is 1.14 bits per heavy atom. The van der Waals surface area contributed by atoms with Crippen molar-refractivity contribution >= 4 is 35.3 Å². The van der Waals surface area contributed by atoms with Crippen molar-refractivity contribution in [3.05, 3.63) is 28.5 Å². The summed E-state index contributed by atoms with van der Waals surface area (Å²) in [7, 11) is 0. The first-order valence-electron chi connectivity index (χ1n) is 9.81. The Bertz CT molecular complexity index is 875. The number of carbonyl (C=O) groups is 3. The number of carboxylic acids is 1. The van der Waals surface area contributed by atoms with Gasteiger partial charge in [0.2, 0.25) is 5.91 Å². The molecule has 2 saturated carbocycles. The molecule has 1 aliphatic heterocycles. The number of nitrogens with zero attached hydrogens (tertiary/aromatic N) is 2. The third-order valence-corrected chi connectivity index (χ3v) is 6.55. The van der Waals surface area contributed by atoms with Gasteiger partial charge in [-0.25, -0.2) is 9.18 Å². The van der Waals surface area contributed by atoms with E-state index < -0.39 is 17.9 Å². The molecule has 29 heavy (non-hydrogen) atoms. The Kier molecular flexibility index (Phi) is 5.14. The molecule has 2 amide bonds. The molecule has 2 fully saturated rings. The van der Waals surface area contributed by atoms with Gasteiger partial charge in [-0.3, -0.25) is 14.5 Å². The van der Waals surface area contributed by atoms with Crippen LogP contribution in [-0.4, -0.2) is 51.2 Å². The molecule has 0 radical (unpaired) electrons. The molecule has 1 aromatic rings. The lowest BCUT2D eigenvalue weighted by Crippen LogP contribution is -2.52. The molecule has 156 valence electrons. The molecule has 4 rings (SSSR count). The molecule has 1 heterocycles. The van der Waals surface area contributed by atoms with E-state index in [-0.39, 0.29) is 47.8 Å². The fraction of sp³-hybridized carbons (Fsp3) is 0.550. The first-order chi connectivity index (χ1) is 13.8. The van der Waals surface area contributed by atoms with Crippen LogP contribution in [0.2, 0.25) is 5.02 Å². The highest BCUT2D eigenvalue weighted by Gasteiger charge is 2.51. The van der Waals surface area contributed by atoms with Gasteiger partial charge < -0.3 is 15.1 Å².